The number of hydrogen-bond acceptors (Lipinski definition) is 4. The fraction of sp³-hybridized carbons (Fsp3) is 0.385. The van der Waals surface area contributed by atoms with Crippen molar-refractivity contribution in [1.82, 2.24) is 4.31 Å². The predicted octanol–water partition coefficient (Wildman–Crippen LogP) is 1.65. The summed E-state index contributed by atoms with van der Waals surface area (Å²) in [4.78, 5) is -0.142. The van der Waals surface area contributed by atoms with Crippen LogP contribution in [0.25, 0.3) is 0 Å². The summed E-state index contributed by atoms with van der Waals surface area (Å²) in [5.41, 5.74) is 0. The molecule has 1 aliphatic rings. The molecule has 0 unspecified atom stereocenters. The van der Waals surface area contributed by atoms with Gasteiger partial charge in [-0.05, 0) is 43.0 Å². The number of benzene rings is 1. The largest absolute Gasteiger partial charge is 0.261 e. The van der Waals surface area contributed by atoms with Crippen molar-refractivity contribution in [3.8, 4) is 12.3 Å². The minimum Gasteiger partial charge on any atom is -0.207 e. The van der Waals surface area contributed by atoms with Gasteiger partial charge in [-0.2, -0.15) is 4.31 Å². The fourth-order valence-electron chi connectivity index (χ4n) is 1.86. The van der Waals surface area contributed by atoms with E-state index in [2.05, 4.69) is 5.92 Å². The standard InChI is InChI=1S/C13H14ClNO4S2/c1-2-9-15(10-11-3-4-11)21(18,19)13-7-5-12(6-8-13)20(14,16)17/h1,5-8,11H,3-4,9-10H2. The predicted molar refractivity (Wildman–Crippen MR) is 79.8 cm³/mol. The summed E-state index contributed by atoms with van der Waals surface area (Å²) >= 11 is 0. The van der Waals surface area contributed by atoms with Gasteiger partial charge in [0.05, 0.1) is 16.3 Å². The average Bonchev–Trinajstić information content (AvgIpc) is 3.21. The lowest BCUT2D eigenvalue weighted by molar-refractivity contribution is 0.430. The van der Waals surface area contributed by atoms with Gasteiger partial charge in [0, 0.05) is 17.2 Å². The summed E-state index contributed by atoms with van der Waals surface area (Å²) in [6, 6.07) is 4.78. The van der Waals surface area contributed by atoms with Crippen LogP contribution in [0.3, 0.4) is 0 Å². The van der Waals surface area contributed by atoms with E-state index in [1.54, 1.807) is 0 Å². The zero-order chi connectivity index (χ0) is 15.7. The highest BCUT2D eigenvalue weighted by Crippen LogP contribution is 2.31. The molecule has 1 aromatic carbocycles. The molecule has 1 aromatic rings. The van der Waals surface area contributed by atoms with E-state index >= 15 is 0 Å². The van der Waals surface area contributed by atoms with E-state index in [1.165, 1.54) is 28.6 Å². The molecule has 0 aliphatic heterocycles. The van der Waals surface area contributed by atoms with Gasteiger partial charge in [0.1, 0.15) is 0 Å². The molecule has 21 heavy (non-hydrogen) atoms. The van der Waals surface area contributed by atoms with Crippen molar-refractivity contribution in [3.63, 3.8) is 0 Å². The van der Waals surface area contributed by atoms with E-state index in [1.807, 2.05) is 0 Å². The van der Waals surface area contributed by atoms with E-state index in [0.29, 0.717) is 12.5 Å². The first-order valence-corrected chi connectivity index (χ1v) is 9.98. The van der Waals surface area contributed by atoms with Crippen LogP contribution in [-0.4, -0.2) is 34.2 Å². The van der Waals surface area contributed by atoms with Crippen LogP contribution < -0.4 is 0 Å². The normalized spacial score (nSPS) is 15.9. The van der Waals surface area contributed by atoms with Crippen molar-refractivity contribution < 1.29 is 16.8 Å². The highest BCUT2D eigenvalue weighted by atomic mass is 35.7. The maximum Gasteiger partial charge on any atom is 0.261 e. The Kier molecular flexibility index (Phi) is 4.63. The molecular formula is C13H14ClNO4S2. The van der Waals surface area contributed by atoms with Gasteiger partial charge in [0.15, 0.2) is 0 Å². The number of nitrogens with zero attached hydrogens (tertiary/aromatic N) is 1. The maximum atomic E-state index is 12.5. The number of sulfonamides is 1. The van der Waals surface area contributed by atoms with E-state index in [0.717, 1.165) is 12.8 Å². The quantitative estimate of drug-likeness (QED) is 0.579. The molecular weight excluding hydrogens is 334 g/mol. The molecule has 8 heteroatoms. The number of terminal acetylenes is 1. The molecule has 0 amide bonds. The third kappa shape index (κ3) is 3.98. The van der Waals surface area contributed by atoms with Crippen LogP contribution in [0.4, 0.5) is 0 Å². The van der Waals surface area contributed by atoms with Gasteiger partial charge in [-0.1, -0.05) is 5.92 Å². The molecule has 0 heterocycles. The van der Waals surface area contributed by atoms with Gasteiger partial charge in [-0.15, -0.1) is 6.42 Å². The van der Waals surface area contributed by atoms with Gasteiger partial charge < -0.3 is 0 Å². The van der Waals surface area contributed by atoms with Crippen molar-refractivity contribution in [2.45, 2.75) is 22.6 Å². The summed E-state index contributed by atoms with van der Waals surface area (Å²) in [6.07, 6.45) is 7.23. The van der Waals surface area contributed by atoms with Crippen molar-refractivity contribution in [3.05, 3.63) is 24.3 Å². The van der Waals surface area contributed by atoms with Crippen LogP contribution in [-0.2, 0) is 19.1 Å². The van der Waals surface area contributed by atoms with Gasteiger partial charge in [-0.3, -0.25) is 0 Å². The van der Waals surface area contributed by atoms with Gasteiger partial charge in [0.25, 0.3) is 9.05 Å². The number of rotatable bonds is 6. The van der Waals surface area contributed by atoms with Crippen LogP contribution in [0.2, 0.25) is 0 Å². The smallest absolute Gasteiger partial charge is 0.207 e. The lowest BCUT2D eigenvalue weighted by atomic mass is 10.4. The Hall–Kier alpha value is -1.07. The Bertz CT molecular complexity index is 759. The average molecular weight is 348 g/mol. The van der Waals surface area contributed by atoms with Crippen molar-refractivity contribution in [2.24, 2.45) is 5.92 Å². The molecule has 0 spiro atoms. The Morgan fingerprint density at radius 3 is 2.10 bits per heavy atom. The van der Waals surface area contributed by atoms with E-state index < -0.39 is 19.1 Å². The van der Waals surface area contributed by atoms with Crippen LogP contribution in [0.15, 0.2) is 34.1 Å². The molecule has 0 aromatic heterocycles. The number of hydrogen-bond donors (Lipinski definition) is 0. The van der Waals surface area contributed by atoms with E-state index in [9.17, 15) is 16.8 Å². The molecule has 0 saturated heterocycles. The summed E-state index contributed by atoms with van der Waals surface area (Å²) in [5.74, 6) is 2.70. The van der Waals surface area contributed by atoms with E-state index in [-0.39, 0.29) is 16.3 Å². The van der Waals surface area contributed by atoms with Crippen molar-refractivity contribution in [2.75, 3.05) is 13.1 Å². The highest BCUT2D eigenvalue weighted by molar-refractivity contribution is 8.13. The SMILES string of the molecule is C#CCN(CC1CC1)S(=O)(=O)c1ccc(S(=O)(=O)Cl)cc1. The van der Waals surface area contributed by atoms with Crippen molar-refractivity contribution in [1.29, 1.82) is 0 Å². The molecule has 1 fully saturated rings. The molecule has 0 radical (unpaired) electrons. The first-order chi connectivity index (χ1) is 9.75. The second-order valence-electron chi connectivity index (χ2n) is 4.85. The van der Waals surface area contributed by atoms with Gasteiger partial charge in [0.2, 0.25) is 10.0 Å². The summed E-state index contributed by atoms with van der Waals surface area (Å²) in [6.45, 7) is 0.385. The molecule has 0 atom stereocenters. The van der Waals surface area contributed by atoms with E-state index in [4.69, 9.17) is 17.1 Å². The molecule has 0 N–H and O–H groups in total. The molecule has 114 valence electrons. The Labute approximate surface area is 129 Å². The molecule has 1 aliphatic carbocycles. The summed E-state index contributed by atoms with van der Waals surface area (Å²) < 4.78 is 48.6. The minimum atomic E-state index is -3.87. The molecule has 2 rings (SSSR count). The van der Waals surface area contributed by atoms with Crippen LogP contribution >= 0.6 is 10.7 Å². The summed E-state index contributed by atoms with van der Waals surface area (Å²) in [5, 5.41) is 0. The summed E-state index contributed by atoms with van der Waals surface area (Å²) in [7, 11) is -2.40. The third-order valence-electron chi connectivity index (χ3n) is 3.17. The Balaban J connectivity index is 2.30. The van der Waals surface area contributed by atoms with Crippen molar-refractivity contribution >= 4 is 29.8 Å². The zero-order valence-electron chi connectivity index (χ0n) is 11.1. The topological polar surface area (TPSA) is 71.5 Å². The highest BCUT2D eigenvalue weighted by Gasteiger charge is 2.31. The second kappa shape index (κ2) is 5.97. The lowest BCUT2D eigenvalue weighted by Crippen LogP contribution is -2.33. The molecule has 1 saturated carbocycles. The third-order valence-corrected chi connectivity index (χ3v) is 6.37. The Morgan fingerprint density at radius 1 is 1.14 bits per heavy atom. The zero-order valence-corrected chi connectivity index (χ0v) is 13.5. The second-order valence-corrected chi connectivity index (χ2v) is 9.36. The first kappa shape index (κ1) is 16.3. The van der Waals surface area contributed by atoms with Gasteiger partial charge in [-0.25, -0.2) is 16.8 Å². The van der Waals surface area contributed by atoms with Crippen LogP contribution in [0.5, 0.6) is 0 Å². The lowest BCUT2D eigenvalue weighted by Gasteiger charge is -2.19. The minimum absolute atomic E-state index is 0.00228. The Morgan fingerprint density at radius 2 is 1.67 bits per heavy atom. The number of halogens is 1. The maximum absolute atomic E-state index is 12.5. The van der Waals surface area contributed by atoms with Gasteiger partial charge >= 0.3 is 0 Å². The first-order valence-electron chi connectivity index (χ1n) is 6.23. The monoisotopic (exact) mass is 347 g/mol. The van der Waals surface area contributed by atoms with Crippen LogP contribution in [0.1, 0.15) is 12.8 Å². The fourth-order valence-corrected chi connectivity index (χ4v) is 4.06. The molecule has 5 nitrogen and oxygen atoms in total. The molecule has 0 bridgehead atoms. The van der Waals surface area contributed by atoms with Crippen LogP contribution in [0, 0.1) is 18.3 Å².